The van der Waals surface area contributed by atoms with Crippen molar-refractivity contribution in [3.63, 3.8) is 0 Å². The average Bonchev–Trinajstić information content (AvgIpc) is 3.39. The van der Waals surface area contributed by atoms with E-state index in [0.29, 0.717) is 17.0 Å². The maximum absolute atomic E-state index is 12.9. The highest BCUT2D eigenvalue weighted by Gasteiger charge is 2.18. The minimum absolute atomic E-state index is 0.319. The number of hydrogen-bond donors (Lipinski definition) is 2. The van der Waals surface area contributed by atoms with E-state index in [2.05, 4.69) is 51.1 Å². The molecule has 142 valence electrons. The molecule has 3 aromatic carbocycles. The van der Waals surface area contributed by atoms with Gasteiger partial charge in [0.1, 0.15) is 11.5 Å². The van der Waals surface area contributed by atoms with Crippen LogP contribution in [-0.4, -0.2) is 22.3 Å². The molecule has 0 spiro atoms. The van der Waals surface area contributed by atoms with Crippen LogP contribution < -0.4 is 5.43 Å². The lowest BCUT2D eigenvalue weighted by molar-refractivity contribution is 0.0950. The number of carbonyl (C=O) groups is 1. The molecule has 2 N–H and O–H groups in total. The van der Waals surface area contributed by atoms with E-state index >= 15 is 0 Å². The summed E-state index contributed by atoms with van der Waals surface area (Å²) in [5, 5.41) is 13.5. The molecule has 0 bridgehead atoms. The van der Waals surface area contributed by atoms with Crippen molar-refractivity contribution >= 4 is 22.9 Å². The van der Waals surface area contributed by atoms with Crippen molar-refractivity contribution < 1.29 is 9.18 Å². The van der Waals surface area contributed by atoms with Gasteiger partial charge in [0.25, 0.3) is 5.91 Å². The van der Waals surface area contributed by atoms with Gasteiger partial charge < -0.3 is 0 Å². The van der Waals surface area contributed by atoms with Gasteiger partial charge in [-0.15, -0.1) is 0 Å². The monoisotopic (exact) mass is 384 g/mol. The number of aromatic nitrogens is 2. The Bertz CT molecular complexity index is 1250. The second-order valence-corrected chi connectivity index (χ2v) is 7.03. The van der Waals surface area contributed by atoms with Gasteiger partial charge in [-0.1, -0.05) is 42.5 Å². The lowest BCUT2D eigenvalue weighted by Gasteiger charge is -2.06. The van der Waals surface area contributed by atoms with Crippen molar-refractivity contribution in [2.45, 2.75) is 12.8 Å². The van der Waals surface area contributed by atoms with Crippen LogP contribution >= 0.6 is 0 Å². The third-order valence-corrected chi connectivity index (χ3v) is 5.23. The van der Waals surface area contributed by atoms with E-state index in [1.807, 2.05) is 0 Å². The molecule has 5 rings (SSSR count). The molecular formula is C23H17FN4O. The van der Waals surface area contributed by atoms with Gasteiger partial charge in [0.05, 0.1) is 11.9 Å². The van der Waals surface area contributed by atoms with Gasteiger partial charge in [0, 0.05) is 5.56 Å². The number of carbonyl (C=O) groups excluding carboxylic acids is 1. The minimum Gasteiger partial charge on any atom is -0.272 e. The molecule has 0 saturated heterocycles. The summed E-state index contributed by atoms with van der Waals surface area (Å²) in [5.74, 6) is -0.716. The highest BCUT2D eigenvalue weighted by molar-refractivity contribution is 6.02. The second kappa shape index (κ2) is 6.98. The van der Waals surface area contributed by atoms with Crippen molar-refractivity contribution in [3.05, 3.63) is 88.9 Å². The molecule has 6 heteroatoms. The number of H-pyrrole nitrogens is 1. The lowest BCUT2D eigenvalue weighted by atomic mass is 9.98. The molecule has 29 heavy (non-hydrogen) atoms. The van der Waals surface area contributed by atoms with E-state index in [9.17, 15) is 9.18 Å². The maximum Gasteiger partial charge on any atom is 0.289 e. The number of rotatable bonds is 4. The Kier molecular flexibility index (Phi) is 4.17. The van der Waals surface area contributed by atoms with Gasteiger partial charge in [0.2, 0.25) is 0 Å². The fourth-order valence-electron chi connectivity index (χ4n) is 3.82. The predicted molar refractivity (Wildman–Crippen MR) is 110 cm³/mol. The molecule has 0 aliphatic heterocycles. The summed E-state index contributed by atoms with van der Waals surface area (Å²) in [6, 6.07) is 18.1. The van der Waals surface area contributed by atoms with Crippen LogP contribution in [0.2, 0.25) is 0 Å². The van der Waals surface area contributed by atoms with E-state index < -0.39 is 5.91 Å². The van der Waals surface area contributed by atoms with Gasteiger partial charge in [-0.2, -0.15) is 10.2 Å². The molecular weight excluding hydrogens is 367 g/mol. The number of benzene rings is 3. The fraction of sp³-hybridized carbons (Fsp3) is 0.0870. The van der Waals surface area contributed by atoms with Crippen LogP contribution in [0.5, 0.6) is 0 Å². The van der Waals surface area contributed by atoms with Crippen LogP contribution in [0.3, 0.4) is 0 Å². The first kappa shape index (κ1) is 17.3. The van der Waals surface area contributed by atoms with E-state index in [1.165, 1.54) is 34.9 Å². The average molecular weight is 384 g/mol. The fourth-order valence-corrected chi connectivity index (χ4v) is 3.82. The smallest absolute Gasteiger partial charge is 0.272 e. The topological polar surface area (TPSA) is 70.1 Å². The van der Waals surface area contributed by atoms with Crippen LogP contribution in [0.25, 0.3) is 22.0 Å². The number of hydrazone groups is 1. The van der Waals surface area contributed by atoms with Gasteiger partial charge >= 0.3 is 0 Å². The number of aromatic amines is 1. The Morgan fingerprint density at radius 1 is 1.07 bits per heavy atom. The molecule has 1 aromatic heterocycles. The van der Waals surface area contributed by atoms with Gasteiger partial charge in [0.15, 0.2) is 0 Å². The van der Waals surface area contributed by atoms with Crippen LogP contribution in [0.1, 0.15) is 27.2 Å². The number of aryl methyl sites for hydroxylation is 2. The first-order chi connectivity index (χ1) is 14.2. The summed E-state index contributed by atoms with van der Waals surface area (Å²) in [7, 11) is 0. The largest absolute Gasteiger partial charge is 0.289 e. The molecule has 0 atom stereocenters. The minimum atomic E-state index is -0.395. The van der Waals surface area contributed by atoms with Crippen molar-refractivity contribution in [2.24, 2.45) is 5.10 Å². The third-order valence-electron chi connectivity index (χ3n) is 5.23. The quantitative estimate of drug-likeness (QED) is 0.408. The zero-order chi connectivity index (χ0) is 19.8. The first-order valence-electron chi connectivity index (χ1n) is 9.37. The van der Waals surface area contributed by atoms with Crippen molar-refractivity contribution in [2.75, 3.05) is 0 Å². The summed E-state index contributed by atoms with van der Waals surface area (Å²) in [5.41, 5.74) is 7.90. The summed E-state index contributed by atoms with van der Waals surface area (Å²) in [6.45, 7) is 0. The molecule has 1 aliphatic carbocycles. The predicted octanol–water partition coefficient (Wildman–Crippen LogP) is 4.23. The first-order valence-corrected chi connectivity index (χ1v) is 9.37. The molecule has 0 unspecified atom stereocenters. The summed E-state index contributed by atoms with van der Waals surface area (Å²) in [4.78, 5) is 12.4. The zero-order valence-corrected chi connectivity index (χ0v) is 15.4. The summed E-state index contributed by atoms with van der Waals surface area (Å²) >= 11 is 0. The summed E-state index contributed by atoms with van der Waals surface area (Å²) in [6.07, 6.45) is 3.59. The number of nitrogens with one attached hydrogen (secondary N) is 2. The molecule has 1 heterocycles. The molecule has 0 saturated carbocycles. The van der Waals surface area contributed by atoms with Crippen LogP contribution in [-0.2, 0) is 12.8 Å². The Morgan fingerprint density at radius 2 is 1.86 bits per heavy atom. The lowest BCUT2D eigenvalue weighted by Crippen LogP contribution is -2.17. The Morgan fingerprint density at radius 3 is 2.69 bits per heavy atom. The van der Waals surface area contributed by atoms with Crippen molar-refractivity contribution in [1.29, 1.82) is 0 Å². The second-order valence-electron chi connectivity index (χ2n) is 7.03. The Hall–Kier alpha value is -3.80. The van der Waals surface area contributed by atoms with E-state index in [1.54, 1.807) is 18.2 Å². The van der Waals surface area contributed by atoms with Crippen LogP contribution in [0.4, 0.5) is 4.39 Å². The van der Waals surface area contributed by atoms with E-state index in [0.717, 1.165) is 23.8 Å². The molecule has 0 radical (unpaired) electrons. The van der Waals surface area contributed by atoms with Crippen molar-refractivity contribution in [3.8, 4) is 11.3 Å². The van der Waals surface area contributed by atoms with Crippen LogP contribution in [0, 0.1) is 5.82 Å². The van der Waals surface area contributed by atoms with Gasteiger partial charge in [-0.25, -0.2) is 9.82 Å². The third kappa shape index (κ3) is 3.18. The standard InChI is InChI=1S/C23H17FN4O/c24-17-9-4-14(5-10-17)13-25-28-23(29)21-12-20(26-27-21)18-11-8-16-7-6-15-2-1-3-19(18)22(15)16/h1-5,8-13H,6-7H2,(H,26,27)(H,28,29)/b25-13-. The molecule has 4 aromatic rings. The van der Waals surface area contributed by atoms with Crippen LogP contribution in [0.15, 0.2) is 65.8 Å². The number of amides is 1. The highest BCUT2D eigenvalue weighted by atomic mass is 19.1. The number of hydrogen-bond acceptors (Lipinski definition) is 3. The summed E-state index contributed by atoms with van der Waals surface area (Å²) < 4.78 is 12.9. The molecule has 1 amide bonds. The SMILES string of the molecule is O=C(N/N=C\c1ccc(F)cc1)c1cc(-c2ccc3c4c(cccc24)CC3)n[nH]1. The van der Waals surface area contributed by atoms with Gasteiger partial charge in [-0.3, -0.25) is 9.89 Å². The van der Waals surface area contributed by atoms with E-state index in [4.69, 9.17) is 0 Å². The maximum atomic E-state index is 12.9. The normalized spacial score (nSPS) is 12.7. The number of halogens is 1. The van der Waals surface area contributed by atoms with Gasteiger partial charge in [-0.05, 0) is 58.5 Å². The Balaban J connectivity index is 1.38. The molecule has 5 nitrogen and oxygen atoms in total. The highest BCUT2D eigenvalue weighted by Crippen LogP contribution is 2.36. The molecule has 1 aliphatic rings. The molecule has 0 fully saturated rings. The number of nitrogens with zero attached hydrogens (tertiary/aromatic N) is 2. The van der Waals surface area contributed by atoms with Crippen molar-refractivity contribution in [1.82, 2.24) is 15.6 Å². The zero-order valence-electron chi connectivity index (χ0n) is 15.4. The van der Waals surface area contributed by atoms with E-state index in [-0.39, 0.29) is 5.82 Å². The Labute approximate surface area is 166 Å².